The fraction of sp³-hybridized carbons (Fsp3) is 0.333. The monoisotopic (exact) mass is 253 g/mol. The third kappa shape index (κ3) is 3.73. The lowest BCUT2D eigenvalue weighted by Crippen LogP contribution is -2.38. The van der Waals surface area contributed by atoms with Crippen LogP contribution in [0.5, 0.6) is 0 Å². The van der Waals surface area contributed by atoms with Gasteiger partial charge < -0.3 is 16.0 Å². The van der Waals surface area contributed by atoms with E-state index in [1.54, 1.807) is 6.92 Å². The lowest BCUT2D eigenvalue weighted by molar-refractivity contribution is -0.121. The molecular weight excluding hydrogens is 237 g/mol. The fourth-order valence-electron chi connectivity index (χ4n) is 1.50. The van der Waals surface area contributed by atoms with Crippen molar-refractivity contribution in [3.8, 4) is 0 Å². The summed E-state index contributed by atoms with van der Waals surface area (Å²) in [7, 11) is 1.47. The Morgan fingerprint density at radius 1 is 1.39 bits per heavy atom. The van der Waals surface area contributed by atoms with Crippen molar-refractivity contribution in [1.29, 1.82) is 0 Å². The van der Waals surface area contributed by atoms with Gasteiger partial charge >= 0.3 is 0 Å². The number of nitrogens with zero attached hydrogens (tertiary/aromatic N) is 1. The Morgan fingerprint density at radius 3 is 2.61 bits per heavy atom. The van der Waals surface area contributed by atoms with Gasteiger partial charge in [-0.2, -0.15) is 0 Å². The van der Waals surface area contributed by atoms with Crippen LogP contribution in [0.1, 0.15) is 17.3 Å². The standard InChI is InChI=1S/C12H16FN3O2/c1-3-15-11(17)7-16(2)12(18)8-4-9(13)6-10(14)5-8/h4-6H,3,7,14H2,1-2H3,(H,15,17). The number of carbonyl (C=O) groups excluding carboxylic acids is 2. The van der Waals surface area contributed by atoms with Crippen LogP contribution in [-0.2, 0) is 4.79 Å². The molecule has 0 saturated heterocycles. The number of nitrogens with one attached hydrogen (secondary N) is 1. The Labute approximate surface area is 105 Å². The number of benzene rings is 1. The van der Waals surface area contributed by atoms with Gasteiger partial charge in [-0.15, -0.1) is 0 Å². The smallest absolute Gasteiger partial charge is 0.254 e. The fourth-order valence-corrected chi connectivity index (χ4v) is 1.50. The normalized spacial score (nSPS) is 9.94. The Balaban J connectivity index is 2.77. The van der Waals surface area contributed by atoms with Crippen LogP contribution in [0.25, 0.3) is 0 Å². The molecule has 1 aromatic carbocycles. The van der Waals surface area contributed by atoms with E-state index in [1.165, 1.54) is 18.0 Å². The molecule has 0 radical (unpaired) electrons. The molecule has 1 aromatic rings. The molecule has 6 heteroatoms. The molecule has 0 aliphatic rings. The molecule has 0 saturated carbocycles. The van der Waals surface area contributed by atoms with E-state index >= 15 is 0 Å². The summed E-state index contributed by atoms with van der Waals surface area (Å²) in [4.78, 5) is 24.4. The average molecular weight is 253 g/mol. The summed E-state index contributed by atoms with van der Waals surface area (Å²) in [6, 6.07) is 3.59. The van der Waals surface area contributed by atoms with Crippen LogP contribution in [-0.4, -0.2) is 36.9 Å². The second kappa shape index (κ2) is 6.00. The Bertz CT molecular complexity index is 442. The highest BCUT2D eigenvalue weighted by atomic mass is 19.1. The van der Waals surface area contributed by atoms with Crippen LogP contribution >= 0.6 is 0 Å². The van der Waals surface area contributed by atoms with Gasteiger partial charge in [0, 0.05) is 24.8 Å². The van der Waals surface area contributed by atoms with Gasteiger partial charge in [0.2, 0.25) is 5.91 Å². The third-order valence-corrected chi connectivity index (χ3v) is 2.27. The van der Waals surface area contributed by atoms with E-state index in [4.69, 9.17) is 5.73 Å². The van der Waals surface area contributed by atoms with Crippen LogP contribution in [0.4, 0.5) is 10.1 Å². The van der Waals surface area contributed by atoms with Gasteiger partial charge in [-0.05, 0) is 25.1 Å². The topological polar surface area (TPSA) is 75.4 Å². The van der Waals surface area contributed by atoms with Gasteiger partial charge in [0.1, 0.15) is 5.82 Å². The van der Waals surface area contributed by atoms with Crippen LogP contribution in [0.2, 0.25) is 0 Å². The van der Waals surface area contributed by atoms with Crippen molar-refractivity contribution in [2.24, 2.45) is 0 Å². The molecule has 5 nitrogen and oxygen atoms in total. The second-order valence-corrected chi connectivity index (χ2v) is 3.89. The minimum absolute atomic E-state index is 0.0803. The number of nitrogens with two attached hydrogens (primary N) is 1. The summed E-state index contributed by atoms with van der Waals surface area (Å²) in [6.45, 7) is 2.20. The first-order valence-electron chi connectivity index (χ1n) is 5.52. The molecule has 3 N–H and O–H groups in total. The van der Waals surface area contributed by atoms with Crippen LogP contribution in [0.3, 0.4) is 0 Å². The van der Waals surface area contributed by atoms with E-state index in [-0.39, 0.29) is 23.7 Å². The van der Waals surface area contributed by atoms with Gasteiger partial charge in [0.05, 0.1) is 6.54 Å². The van der Waals surface area contributed by atoms with Crippen LogP contribution < -0.4 is 11.1 Å². The molecule has 0 fully saturated rings. The van der Waals surface area contributed by atoms with Crippen molar-refractivity contribution in [3.05, 3.63) is 29.6 Å². The number of hydrogen-bond donors (Lipinski definition) is 2. The van der Waals surface area contributed by atoms with E-state index in [0.29, 0.717) is 6.54 Å². The van der Waals surface area contributed by atoms with E-state index in [9.17, 15) is 14.0 Å². The summed E-state index contributed by atoms with van der Waals surface area (Å²) in [6.07, 6.45) is 0. The van der Waals surface area contributed by atoms with Crippen molar-refractivity contribution in [3.63, 3.8) is 0 Å². The second-order valence-electron chi connectivity index (χ2n) is 3.89. The van der Waals surface area contributed by atoms with Crippen molar-refractivity contribution in [2.45, 2.75) is 6.92 Å². The molecular formula is C12H16FN3O2. The van der Waals surface area contributed by atoms with Crippen LogP contribution in [0.15, 0.2) is 18.2 Å². The van der Waals surface area contributed by atoms with Crippen molar-refractivity contribution in [1.82, 2.24) is 10.2 Å². The van der Waals surface area contributed by atoms with E-state index in [2.05, 4.69) is 5.32 Å². The Kier molecular flexibility index (Phi) is 4.65. The zero-order chi connectivity index (χ0) is 13.7. The van der Waals surface area contributed by atoms with Gasteiger partial charge in [-0.3, -0.25) is 9.59 Å². The number of likely N-dealkylation sites (N-methyl/N-ethyl adjacent to an activating group) is 2. The third-order valence-electron chi connectivity index (χ3n) is 2.27. The molecule has 0 aromatic heterocycles. The molecule has 2 amide bonds. The molecule has 0 heterocycles. The number of halogens is 1. The molecule has 0 aliphatic carbocycles. The Hall–Kier alpha value is -2.11. The minimum atomic E-state index is -0.579. The first kappa shape index (κ1) is 14.0. The first-order chi connectivity index (χ1) is 8.43. The summed E-state index contributed by atoms with van der Waals surface area (Å²) in [5, 5.41) is 2.57. The maximum Gasteiger partial charge on any atom is 0.254 e. The lowest BCUT2D eigenvalue weighted by Gasteiger charge is -2.16. The van der Waals surface area contributed by atoms with E-state index < -0.39 is 11.7 Å². The summed E-state index contributed by atoms with van der Waals surface area (Å²) in [5.41, 5.74) is 5.75. The summed E-state index contributed by atoms with van der Waals surface area (Å²) < 4.78 is 13.1. The number of hydrogen-bond acceptors (Lipinski definition) is 3. The SMILES string of the molecule is CCNC(=O)CN(C)C(=O)c1cc(N)cc(F)c1. The molecule has 1 rings (SSSR count). The van der Waals surface area contributed by atoms with Crippen LogP contribution in [0, 0.1) is 5.82 Å². The van der Waals surface area contributed by atoms with Gasteiger partial charge in [-0.25, -0.2) is 4.39 Å². The zero-order valence-electron chi connectivity index (χ0n) is 10.4. The van der Waals surface area contributed by atoms with Gasteiger partial charge in [-0.1, -0.05) is 0 Å². The largest absolute Gasteiger partial charge is 0.399 e. The molecule has 0 unspecified atom stereocenters. The molecule has 98 valence electrons. The molecule has 0 aliphatic heterocycles. The molecule has 0 spiro atoms. The van der Waals surface area contributed by atoms with E-state index in [0.717, 1.165) is 12.1 Å². The number of nitrogen functional groups attached to an aromatic ring is 1. The minimum Gasteiger partial charge on any atom is -0.399 e. The predicted molar refractivity (Wildman–Crippen MR) is 66.5 cm³/mol. The number of rotatable bonds is 4. The average Bonchev–Trinajstić information content (AvgIpc) is 2.26. The maximum absolute atomic E-state index is 13.1. The number of anilines is 1. The van der Waals surface area contributed by atoms with Crippen molar-refractivity contribution in [2.75, 3.05) is 25.9 Å². The first-order valence-corrected chi connectivity index (χ1v) is 5.52. The summed E-state index contributed by atoms with van der Waals surface area (Å²) in [5.74, 6) is -1.30. The molecule has 0 atom stereocenters. The van der Waals surface area contributed by atoms with Gasteiger partial charge in [0.15, 0.2) is 0 Å². The highest BCUT2D eigenvalue weighted by Crippen LogP contribution is 2.12. The predicted octanol–water partition coefficient (Wildman–Crippen LogP) is 0.616. The quantitative estimate of drug-likeness (QED) is 0.772. The number of amides is 2. The zero-order valence-corrected chi connectivity index (χ0v) is 10.4. The van der Waals surface area contributed by atoms with Crippen molar-refractivity contribution < 1.29 is 14.0 Å². The lowest BCUT2D eigenvalue weighted by atomic mass is 10.1. The van der Waals surface area contributed by atoms with Gasteiger partial charge in [0.25, 0.3) is 5.91 Å². The van der Waals surface area contributed by atoms with Crippen molar-refractivity contribution >= 4 is 17.5 Å². The summed E-state index contributed by atoms with van der Waals surface area (Å²) >= 11 is 0. The Morgan fingerprint density at radius 2 is 2.06 bits per heavy atom. The number of carbonyl (C=O) groups is 2. The molecule has 0 bridgehead atoms. The highest BCUT2D eigenvalue weighted by molar-refractivity contribution is 5.97. The highest BCUT2D eigenvalue weighted by Gasteiger charge is 2.15. The van der Waals surface area contributed by atoms with E-state index in [1.807, 2.05) is 0 Å². The maximum atomic E-state index is 13.1. The molecule has 18 heavy (non-hydrogen) atoms.